The van der Waals surface area contributed by atoms with Crippen molar-refractivity contribution in [2.75, 3.05) is 32.8 Å². The van der Waals surface area contributed by atoms with Gasteiger partial charge in [0.1, 0.15) is 6.54 Å². The van der Waals surface area contributed by atoms with Crippen LogP contribution in [0, 0.1) is 11.8 Å². The molecule has 5 nitrogen and oxygen atoms in total. The van der Waals surface area contributed by atoms with Gasteiger partial charge in [0.25, 0.3) is 0 Å². The Hall–Kier alpha value is -1.88. The van der Waals surface area contributed by atoms with Gasteiger partial charge in [0.05, 0.1) is 12.6 Å². The first-order valence-corrected chi connectivity index (χ1v) is 8.41. The van der Waals surface area contributed by atoms with Crippen molar-refractivity contribution >= 4 is 11.8 Å². The second-order valence-electron chi connectivity index (χ2n) is 6.69. The summed E-state index contributed by atoms with van der Waals surface area (Å²) >= 11 is 0. The van der Waals surface area contributed by atoms with Crippen LogP contribution < -0.4 is 0 Å². The van der Waals surface area contributed by atoms with Crippen molar-refractivity contribution in [1.29, 1.82) is 0 Å². The molecule has 2 aliphatic rings. The summed E-state index contributed by atoms with van der Waals surface area (Å²) in [6.45, 7) is 8.06. The molecule has 2 aliphatic heterocycles. The number of carbonyl (C=O) groups excluding carboxylic acids is 2. The van der Waals surface area contributed by atoms with Crippen molar-refractivity contribution in [2.24, 2.45) is 11.8 Å². The first-order valence-electron chi connectivity index (χ1n) is 8.41. The maximum absolute atomic E-state index is 12.8. The zero-order valence-corrected chi connectivity index (χ0v) is 13.9. The minimum Gasteiger partial charge on any atom is -0.324 e. The van der Waals surface area contributed by atoms with Crippen LogP contribution in [0.1, 0.15) is 19.4 Å². The van der Waals surface area contributed by atoms with Gasteiger partial charge in [0.15, 0.2) is 0 Å². The number of hydrogen-bond donors (Lipinski definition) is 0. The quantitative estimate of drug-likeness (QED) is 0.844. The molecule has 2 saturated heterocycles. The van der Waals surface area contributed by atoms with E-state index in [2.05, 4.69) is 24.0 Å². The van der Waals surface area contributed by atoms with Crippen LogP contribution in [0.15, 0.2) is 30.3 Å². The van der Waals surface area contributed by atoms with Crippen molar-refractivity contribution in [3.05, 3.63) is 35.9 Å². The average molecular weight is 315 g/mol. The topological polar surface area (TPSA) is 43.9 Å². The molecule has 1 aromatic rings. The van der Waals surface area contributed by atoms with Crippen LogP contribution >= 0.6 is 0 Å². The molecule has 0 unspecified atom stereocenters. The van der Waals surface area contributed by atoms with Crippen LogP contribution in [0.2, 0.25) is 0 Å². The second kappa shape index (κ2) is 6.71. The van der Waals surface area contributed by atoms with Gasteiger partial charge in [-0.25, -0.2) is 0 Å². The van der Waals surface area contributed by atoms with E-state index in [1.54, 1.807) is 9.80 Å². The van der Waals surface area contributed by atoms with Gasteiger partial charge in [-0.1, -0.05) is 37.3 Å². The Balaban J connectivity index is 1.60. The van der Waals surface area contributed by atoms with Crippen LogP contribution in [0.5, 0.6) is 0 Å². The van der Waals surface area contributed by atoms with Crippen molar-refractivity contribution < 1.29 is 9.59 Å². The molecule has 0 spiro atoms. The van der Waals surface area contributed by atoms with Gasteiger partial charge >= 0.3 is 0 Å². The molecule has 0 bridgehead atoms. The Morgan fingerprint density at radius 3 is 2.61 bits per heavy atom. The largest absolute Gasteiger partial charge is 0.324 e. The molecule has 2 atom stereocenters. The van der Waals surface area contributed by atoms with Crippen LogP contribution in [-0.4, -0.2) is 59.4 Å². The van der Waals surface area contributed by atoms with E-state index in [4.69, 9.17) is 0 Å². The maximum atomic E-state index is 12.8. The Bertz CT molecular complexity index is 575. The van der Waals surface area contributed by atoms with E-state index in [-0.39, 0.29) is 24.3 Å². The van der Waals surface area contributed by atoms with Gasteiger partial charge < -0.3 is 9.80 Å². The minimum absolute atomic E-state index is 0.00307. The third-order valence-electron chi connectivity index (χ3n) is 4.97. The molecular weight excluding hydrogens is 290 g/mol. The lowest BCUT2D eigenvalue weighted by atomic mass is 9.97. The lowest BCUT2D eigenvalue weighted by Gasteiger charge is -2.22. The van der Waals surface area contributed by atoms with Crippen molar-refractivity contribution in [3.63, 3.8) is 0 Å². The summed E-state index contributed by atoms with van der Waals surface area (Å²) in [4.78, 5) is 30.4. The predicted octanol–water partition coefficient (Wildman–Crippen LogP) is 1.40. The van der Waals surface area contributed by atoms with Crippen molar-refractivity contribution in [2.45, 2.75) is 20.4 Å². The van der Waals surface area contributed by atoms with Gasteiger partial charge in [-0.15, -0.1) is 0 Å². The van der Waals surface area contributed by atoms with Gasteiger partial charge in [-0.3, -0.25) is 14.5 Å². The number of rotatable bonds is 4. The zero-order chi connectivity index (χ0) is 16.4. The zero-order valence-electron chi connectivity index (χ0n) is 13.9. The summed E-state index contributed by atoms with van der Waals surface area (Å²) in [6.07, 6.45) is 0. The molecule has 0 radical (unpaired) electrons. The molecule has 3 rings (SSSR count). The van der Waals surface area contributed by atoms with E-state index in [0.717, 1.165) is 19.6 Å². The number of benzene rings is 1. The summed E-state index contributed by atoms with van der Waals surface area (Å²) in [5.74, 6) is 0.533. The number of hydrogen-bond acceptors (Lipinski definition) is 3. The Kier molecular flexibility index (Phi) is 4.66. The van der Waals surface area contributed by atoms with E-state index >= 15 is 0 Å². The predicted molar refractivity (Wildman–Crippen MR) is 88.3 cm³/mol. The lowest BCUT2D eigenvalue weighted by molar-refractivity contribution is -0.136. The first kappa shape index (κ1) is 16.0. The third kappa shape index (κ3) is 3.39. The fraction of sp³-hybridized carbons (Fsp3) is 0.556. The Morgan fingerprint density at radius 1 is 1.22 bits per heavy atom. The second-order valence-corrected chi connectivity index (χ2v) is 6.69. The summed E-state index contributed by atoms with van der Waals surface area (Å²) < 4.78 is 0. The van der Waals surface area contributed by atoms with Gasteiger partial charge in [0, 0.05) is 26.2 Å². The van der Waals surface area contributed by atoms with Crippen LogP contribution in [0.3, 0.4) is 0 Å². The summed E-state index contributed by atoms with van der Waals surface area (Å²) in [5.41, 5.74) is 1.28. The molecule has 5 heteroatoms. The van der Waals surface area contributed by atoms with Crippen LogP contribution in [0.25, 0.3) is 0 Å². The van der Waals surface area contributed by atoms with E-state index in [0.29, 0.717) is 19.1 Å². The van der Waals surface area contributed by atoms with Crippen LogP contribution in [0.4, 0.5) is 0 Å². The van der Waals surface area contributed by atoms with E-state index in [9.17, 15) is 9.59 Å². The molecule has 2 heterocycles. The molecule has 23 heavy (non-hydrogen) atoms. The molecule has 0 aromatic heterocycles. The van der Waals surface area contributed by atoms with E-state index in [1.807, 2.05) is 25.1 Å². The summed E-state index contributed by atoms with van der Waals surface area (Å²) in [6, 6.07) is 10.4. The van der Waals surface area contributed by atoms with Crippen LogP contribution in [-0.2, 0) is 16.1 Å². The normalized spacial score (nSPS) is 25.4. The molecule has 2 fully saturated rings. The highest BCUT2D eigenvalue weighted by atomic mass is 16.2. The van der Waals surface area contributed by atoms with Gasteiger partial charge in [-0.05, 0) is 18.4 Å². The monoisotopic (exact) mass is 315 g/mol. The Labute approximate surface area is 137 Å². The number of amides is 2. The smallest absolute Gasteiger partial charge is 0.243 e. The maximum Gasteiger partial charge on any atom is 0.243 e. The molecule has 1 aromatic carbocycles. The fourth-order valence-corrected chi connectivity index (χ4v) is 3.62. The van der Waals surface area contributed by atoms with E-state index < -0.39 is 0 Å². The minimum atomic E-state index is 0.00307. The van der Waals surface area contributed by atoms with Crippen molar-refractivity contribution in [3.8, 4) is 0 Å². The molecule has 0 aliphatic carbocycles. The molecular formula is C18H25N3O2. The van der Waals surface area contributed by atoms with Gasteiger partial charge in [-0.2, -0.15) is 0 Å². The number of carbonyl (C=O) groups is 2. The van der Waals surface area contributed by atoms with Gasteiger partial charge in [0.2, 0.25) is 11.8 Å². The molecule has 124 valence electrons. The lowest BCUT2D eigenvalue weighted by Crippen LogP contribution is -2.38. The highest BCUT2D eigenvalue weighted by Gasteiger charge is 2.40. The number of likely N-dealkylation sites (N-methyl/N-ethyl adjacent to an activating group) is 1. The van der Waals surface area contributed by atoms with E-state index in [1.165, 1.54) is 5.56 Å². The third-order valence-corrected chi connectivity index (χ3v) is 4.97. The Morgan fingerprint density at radius 2 is 1.96 bits per heavy atom. The summed E-state index contributed by atoms with van der Waals surface area (Å²) in [7, 11) is 0. The average Bonchev–Trinajstić information content (AvgIpc) is 3.10. The molecule has 2 amide bonds. The fourth-order valence-electron chi connectivity index (χ4n) is 3.62. The standard InChI is InChI=1S/C18H25N3O2/c1-3-20-13-21(12-17(20)22)18(23)16-11-19(9-14(16)2)10-15-7-5-4-6-8-15/h4-8,14,16H,3,9-13H2,1-2H3/t14-,16-/m1/s1. The van der Waals surface area contributed by atoms with Crippen molar-refractivity contribution in [1.82, 2.24) is 14.7 Å². The molecule has 0 saturated carbocycles. The highest BCUT2D eigenvalue weighted by Crippen LogP contribution is 2.27. The SMILES string of the molecule is CCN1CN(C(=O)[C@@H]2CN(Cc3ccccc3)C[C@H]2C)CC1=O. The number of likely N-dealkylation sites (tertiary alicyclic amines) is 1. The number of nitrogens with zero attached hydrogens (tertiary/aromatic N) is 3. The first-order chi connectivity index (χ1) is 11.1. The highest BCUT2D eigenvalue weighted by molar-refractivity contribution is 5.89. The molecule has 0 N–H and O–H groups in total. The summed E-state index contributed by atoms with van der Waals surface area (Å²) in [5, 5.41) is 0.